The fourth-order valence-electron chi connectivity index (χ4n) is 1.43. The minimum Gasteiger partial charge on any atom is -0.466 e. The van der Waals surface area contributed by atoms with Gasteiger partial charge in [0.2, 0.25) is 0 Å². The number of hydrogen-bond donors (Lipinski definition) is 0. The lowest BCUT2D eigenvalue weighted by atomic mass is 9.99. The summed E-state index contributed by atoms with van der Waals surface area (Å²) in [6, 6.07) is 2.41. The van der Waals surface area contributed by atoms with E-state index in [1.54, 1.807) is 6.92 Å². The summed E-state index contributed by atoms with van der Waals surface area (Å²) >= 11 is 0. The topological polar surface area (TPSA) is 26.3 Å². The Morgan fingerprint density at radius 3 is 2.44 bits per heavy atom. The van der Waals surface area contributed by atoms with Crippen LogP contribution in [-0.4, -0.2) is 12.6 Å². The van der Waals surface area contributed by atoms with Crippen molar-refractivity contribution in [2.24, 2.45) is 0 Å². The van der Waals surface area contributed by atoms with E-state index >= 15 is 0 Å². The number of carbonyl (C=O) groups is 1. The first-order valence-electron chi connectivity index (χ1n) is 5.30. The van der Waals surface area contributed by atoms with Crippen LogP contribution in [0.1, 0.15) is 30.9 Å². The van der Waals surface area contributed by atoms with Gasteiger partial charge in [-0.1, -0.05) is 6.07 Å². The van der Waals surface area contributed by atoms with E-state index in [-0.39, 0.29) is 12.2 Å². The summed E-state index contributed by atoms with van der Waals surface area (Å²) in [6.45, 7) is 3.21. The van der Waals surface area contributed by atoms with Gasteiger partial charge in [-0.2, -0.15) is 13.2 Å². The van der Waals surface area contributed by atoms with Crippen molar-refractivity contribution in [3.05, 3.63) is 35.1 Å². The van der Waals surface area contributed by atoms with Gasteiger partial charge in [0, 0.05) is 0 Å². The molecule has 1 aromatic carbocycles. The lowest BCUT2D eigenvalue weighted by molar-refractivity contribution is -0.144. The van der Waals surface area contributed by atoms with Crippen LogP contribution < -0.4 is 0 Å². The number of ether oxygens (including phenoxy) is 1. The maximum atomic E-state index is 13.3. The van der Waals surface area contributed by atoms with Crippen LogP contribution in [0.5, 0.6) is 0 Å². The van der Waals surface area contributed by atoms with Gasteiger partial charge >= 0.3 is 12.1 Å². The van der Waals surface area contributed by atoms with E-state index < -0.39 is 29.4 Å². The summed E-state index contributed by atoms with van der Waals surface area (Å²) in [4.78, 5) is 11.4. The molecule has 0 aliphatic heterocycles. The van der Waals surface area contributed by atoms with Crippen molar-refractivity contribution in [1.29, 1.82) is 0 Å². The Labute approximate surface area is 102 Å². The first kappa shape index (κ1) is 14.5. The monoisotopic (exact) mass is 264 g/mol. The van der Waals surface area contributed by atoms with Crippen molar-refractivity contribution >= 4 is 5.97 Å². The standard InChI is InChI=1S/C12H12F4O2/c1-3-18-11(17)7(2)8-4-5-9(10(13)6-8)12(14,15)16/h4-7H,3H2,1-2H3. The Morgan fingerprint density at radius 2 is 2.00 bits per heavy atom. The SMILES string of the molecule is CCOC(=O)C(C)c1ccc(C(F)(F)F)c(F)c1. The largest absolute Gasteiger partial charge is 0.466 e. The second-order valence-electron chi connectivity index (χ2n) is 3.71. The predicted octanol–water partition coefficient (Wildman–Crippen LogP) is 3.51. The van der Waals surface area contributed by atoms with Gasteiger partial charge < -0.3 is 4.74 Å². The quantitative estimate of drug-likeness (QED) is 0.617. The average Bonchev–Trinajstić information content (AvgIpc) is 2.26. The second kappa shape index (κ2) is 5.37. The van der Waals surface area contributed by atoms with Crippen LogP contribution in [0.25, 0.3) is 0 Å². The zero-order chi connectivity index (χ0) is 13.9. The zero-order valence-corrected chi connectivity index (χ0v) is 9.84. The van der Waals surface area contributed by atoms with E-state index in [0.717, 1.165) is 6.07 Å². The third-order valence-electron chi connectivity index (χ3n) is 2.44. The molecule has 0 aliphatic rings. The van der Waals surface area contributed by atoms with Crippen molar-refractivity contribution in [1.82, 2.24) is 0 Å². The van der Waals surface area contributed by atoms with Crippen molar-refractivity contribution in [3.8, 4) is 0 Å². The highest BCUT2D eigenvalue weighted by atomic mass is 19.4. The average molecular weight is 264 g/mol. The molecule has 6 heteroatoms. The molecular weight excluding hydrogens is 252 g/mol. The number of halogens is 4. The molecule has 100 valence electrons. The minimum atomic E-state index is -4.74. The first-order chi connectivity index (χ1) is 8.27. The van der Waals surface area contributed by atoms with Gasteiger partial charge in [0.25, 0.3) is 0 Å². The molecule has 0 radical (unpaired) electrons. The molecule has 0 spiro atoms. The molecule has 1 aromatic rings. The van der Waals surface area contributed by atoms with E-state index in [4.69, 9.17) is 4.74 Å². The number of benzene rings is 1. The van der Waals surface area contributed by atoms with E-state index in [1.807, 2.05) is 0 Å². The molecule has 0 fully saturated rings. The molecular formula is C12H12F4O2. The fourth-order valence-corrected chi connectivity index (χ4v) is 1.43. The summed E-state index contributed by atoms with van der Waals surface area (Å²) < 4.78 is 55.0. The second-order valence-corrected chi connectivity index (χ2v) is 3.71. The summed E-state index contributed by atoms with van der Waals surface area (Å²) in [5.74, 6) is -2.80. The highest BCUT2D eigenvalue weighted by Crippen LogP contribution is 2.32. The van der Waals surface area contributed by atoms with E-state index in [9.17, 15) is 22.4 Å². The van der Waals surface area contributed by atoms with Crippen LogP contribution in [0.4, 0.5) is 17.6 Å². The Kier molecular flexibility index (Phi) is 4.32. The van der Waals surface area contributed by atoms with E-state index in [2.05, 4.69) is 0 Å². The molecule has 0 saturated carbocycles. The van der Waals surface area contributed by atoms with Crippen LogP contribution in [0, 0.1) is 5.82 Å². The van der Waals surface area contributed by atoms with Crippen molar-refractivity contribution in [3.63, 3.8) is 0 Å². The Balaban J connectivity index is 3.01. The Hall–Kier alpha value is -1.59. The smallest absolute Gasteiger partial charge is 0.419 e. The van der Waals surface area contributed by atoms with Crippen LogP contribution >= 0.6 is 0 Å². The molecule has 0 amide bonds. The highest BCUT2D eigenvalue weighted by Gasteiger charge is 2.34. The third kappa shape index (κ3) is 3.21. The normalized spacial score (nSPS) is 13.2. The summed E-state index contributed by atoms with van der Waals surface area (Å²) in [5.41, 5.74) is -1.19. The minimum absolute atomic E-state index is 0.152. The summed E-state index contributed by atoms with van der Waals surface area (Å²) in [6.07, 6.45) is -4.74. The molecule has 18 heavy (non-hydrogen) atoms. The maximum absolute atomic E-state index is 13.3. The van der Waals surface area contributed by atoms with Gasteiger partial charge in [-0.25, -0.2) is 4.39 Å². The van der Waals surface area contributed by atoms with Crippen LogP contribution in [0.2, 0.25) is 0 Å². The lowest BCUT2D eigenvalue weighted by Gasteiger charge is -2.13. The van der Waals surface area contributed by atoms with Crippen molar-refractivity contribution in [2.75, 3.05) is 6.61 Å². The van der Waals surface area contributed by atoms with Crippen molar-refractivity contribution < 1.29 is 27.1 Å². The number of alkyl halides is 3. The van der Waals surface area contributed by atoms with Gasteiger partial charge in [0.15, 0.2) is 0 Å². The van der Waals surface area contributed by atoms with Crippen LogP contribution in [0.3, 0.4) is 0 Å². The number of rotatable bonds is 3. The molecule has 0 aliphatic carbocycles. The zero-order valence-electron chi connectivity index (χ0n) is 9.84. The summed E-state index contributed by atoms with van der Waals surface area (Å²) in [5, 5.41) is 0. The molecule has 1 unspecified atom stereocenters. The Bertz CT molecular complexity index is 440. The molecule has 0 bridgehead atoms. The highest BCUT2D eigenvalue weighted by molar-refractivity contribution is 5.77. The van der Waals surface area contributed by atoms with Gasteiger partial charge in [0.1, 0.15) is 5.82 Å². The van der Waals surface area contributed by atoms with Crippen LogP contribution in [0.15, 0.2) is 18.2 Å². The predicted molar refractivity (Wildman–Crippen MR) is 56.5 cm³/mol. The maximum Gasteiger partial charge on any atom is 0.419 e. The molecule has 0 heterocycles. The summed E-state index contributed by atoms with van der Waals surface area (Å²) in [7, 11) is 0. The van der Waals surface area contributed by atoms with Gasteiger partial charge in [-0.15, -0.1) is 0 Å². The molecule has 1 atom stereocenters. The third-order valence-corrected chi connectivity index (χ3v) is 2.44. The molecule has 0 N–H and O–H groups in total. The number of hydrogen-bond acceptors (Lipinski definition) is 2. The van der Waals surface area contributed by atoms with Crippen molar-refractivity contribution in [2.45, 2.75) is 25.9 Å². The number of carbonyl (C=O) groups excluding carboxylic acids is 1. The number of esters is 1. The lowest BCUT2D eigenvalue weighted by Crippen LogP contribution is -2.14. The molecule has 2 nitrogen and oxygen atoms in total. The van der Waals surface area contributed by atoms with Gasteiger partial charge in [0.05, 0.1) is 18.1 Å². The van der Waals surface area contributed by atoms with Gasteiger partial charge in [-0.05, 0) is 31.5 Å². The molecule has 1 rings (SSSR count). The fraction of sp³-hybridized carbons (Fsp3) is 0.417. The molecule has 0 saturated heterocycles. The first-order valence-corrected chi connectivity index (χ1v) is 5.30. The van der Waals surface area contributed by atoms with E-state index in [0.29, 0.717) is 12.1 Å². The Morgan fingerprint density at radius 1 is 1.39 bits per heavy atom. The van der Waals surface area contributed by atoms with Crippen LogP contribution in [-0.2, 0) is 15.7 Å². The molecule has 0 aromatic heterocycles. The van der Waals surface area contributed by atoms with Gasteiger partial charge in [-0.3, -0.25) is 4.79 Å². The van der Waals surface area contributed by atoms with E-state index in [1.165, 1.54) is 6.92 Å².